The smallest absolute Gasteiger partial charge is 0.140 e. The van der Waals surface area contributed by atoms with Gasteiger partial charge >= 0.3 is 0 Å². The van der Waals surface area contributed by atoms with Crippen molar-refractivity contribution in [1.82, 2.24) is 4.98 Å². The Balaban J connectivity index is 2.73. The van der Waals surface area contributed by atoms with Gasteiger partial charge in [0, 0.05) is 13.2 Å². The molecule has 0 aliphatic carbocycles. The molecule has 0 aliphatic heterocycles. The minimum atomic E-state index is 0.179. The molecule has 0 spiro atoms. The Hall–Kier alpha value is -0.810. The predicted molar refractivity (Wildman–Crippen MR) is 61.3 cm³/mol. The maximum absolute atomic E-state index is 8.62. The lowest BCUT2D eigenvalue weighted by Gasteiger charge is -2.09. The predicted octanol–water partition coefficient (Wildman–Crippen LogP) is 1.53. The second-order valence-corrected chi connectivity index (χ2v) is 3.80. The number of nitrogens with zero attached hydrogens (tertiary/aromatic N) is 1. The minimum absolute atomic E-state index is 0.179. The number of aliphatic hydroxyl groups excluding tert-OH is 1. The van der Waals surface area contributed by atoms with Gasteiger partial charge in [0.05, 0.1) is 16.4 Å². The van der Waals surface area contributed by atoms with Crippen LogP contribution in [0.25, 0.3) is 0 Å². The molecule has 0 atom stereocenters. The van der Waals surface area contributed by atoms with Gasteiger partial charge in [0.1, 0.15) is 5.82 Å². The van der Waals surface area contributed by atoms with E-state index in [1.165, 1.54) is 0 Å². The van der Waals surface area contributed by atoms with E-state index in [1.54, 1.807) is 6.20 Å². The summed E-state index contributed by atoms with van der Waals surface area (Å²) in [5.74, 6) is 0.769. The van der Waals surface area contributed by atoms with E-state index in [0.29, 0.717) is 18.7 Å². The Morgan fingerprint density at radius 3 is 3.00 bits per heavy atom. The van der Waals surface area contributed by atoms with E-state index in [1.807, 2.05) is 6.92 Å². The maximum Gasteiger partial charge on any atom is 0.140 e. The molecule has 4 N–H and O–H groups in total. The van der Waals surface area contributed by atoms with Crippen LogP contribution in [0.4, 0.5) is 11.5 Å². The van der Waals surface area contributed by atoms with Crippen molar-refractivity contribution in [1.29, 1.82) is 0 Å². The first-order chi connectivity index (χ1) is 6.66. The van der Waals surface area contributed by atoms with Crippen molar-refractivity contribution in [2.75, 3.05) is 24.2 Å². The molecule has 1 aromatic rings. The van der Waals surface area contributed by atoms with Gasteiger partial charge < -0.3 is 16.2 Å². The molecule has 0 aliphatic rings. The number of nitrogen functional groups attached to an aromatic ring is 1. The van der Waals surface area contributed by atoms with Crippen molar-refractivity contribution in [3.05, 3.63) is 16.2 Å². The molecule has 0 radical (unpaired) electrons. The summed E-state index contributed by atoms with van der Waals surface area (Å²) >= 11 is 3.42. The molecule has 14 heavy (non-hydrogen) atoms. The molecule has 1 aromatic heterocycles. The van der Waals surface area contributed by atoms with Crippen LogP contribution in [0.5, 0.6) is 0 Å². The molecule has 0 bridgehead atoms. The lowest BCUT2D eigenvalue weighted by atomic mass is 10.2. The zero-order valence-corrected chi connectivity index (χ0v) is 9.63. The second kappa shape index (κ2) is 5.17. The standard InChI is InChI=1S/C9H14BrN3O/c1-6-7(11)5-13-9(8(6)10)12-3-2-4-14/h5,14H,2-4,11H2,1H3,(H,12,13). The molecule has 0 saturated heterocycles. The quantitative estimate of drug-likeness (QED) is 0.718. The molecule has 5 heteroatoms. The summed E-state index contributed by atoms with van der Waals surface area (Å²) in [6.07, 6.45) is 2.33. The molecular formula is C9H14BrN3O. The zero-order chi connectivity index (χ0) is 10.6. The Labute approximate surface area is 91.7 Å². The van der Waals surface area contributed by atoms with Gasteiger partial charge in [-0.1, -0.05) is 0 Å². The maximum atomic E-state index is 8.62. The number of nitrogens with two attached hydrogens (primary N) is 1. The summed E-state index contributed by atoms with van der Waals surface area (Å²) < 4.78 is 0.885. The van der Waals surface area contributed by atoms with E-state index >= 15 is 0 Å². The lowest BCUT2D eigenvalue weighted by molar-refractivity contribution is 0.292. The van der Waals surface area contributed by atoms with Crippen LogP contribution in [-0.2, 0) is 0 Å². The van der Waals surface area contributed by atoms with Crippen LogP contribution >= 0.6 is 15.9 Å². The summed E-state index contributed by atoms with van der Waals surface area (Å²) in [6.45, 7) is 2.81. The van der Waals surface area contributed by atoms with E-state index in [9.17, 15) is 0 Å². The monoisotopic (exact) mass is 259 g/mol. The van der Waals surface area contributed by atoms with Crippen molar-refractivity contribution >= 4 is 27.4 Å². The van der Waals surface area contributed by atoms with E-state index in [4.69, 9.17) is 10.8 Å². The SMILES string of the molecule is Cc1c(N)cnc(NCCCO)c1Br. The molecule has 0 unspecified atom stereocenters. The average Bonchev–Trinajstić information content (AvgIpc) is 2.18. The number of anilines is 2. The van der Waals surface area contributed by atoms with Crippen LogP contribution < -0.4 is 11.1 Å². The highest BCUT2D eigenvalue weighted by molar-refractivity contribution is 9.10. The molecule has 0 saturated carbocycles. The lowest BCUT2D eigenvalue weighted by Crippen LogP contribution is -2.07. The van der Waals surface area contributed by atoms with Gasteiger partial charge in [0.25, 0.3) is 0 Å². The third kappa shape index (κ3) is 2.59. The number of aliphatic hydroxyl groups is 1. The number of pyridine rings is 1. The van der Waals surface area contributed by atoms with E-state index in [-0.39, 0.29) is 6.61 Å². The van der Waals surface area contributed by atoms with E-state index < -0.39 is 0 Å². The van der Waals surface area contributed by atoms with Crippen LogP contribution in [0, 0.1) is 6.92 Å². The number of hydrogen-bond donors (Lipinski definition) is 3. The van der Waals surface area contributed by atoms with Crippen molar-refractivity contribution in [3.8, 4) is 0 Å². The summed E-state index contributed by atoms with van der Waals surface area (Å²) in [6, 6.07) is 0. The van der Waals surface area contributed by atoms with Gasteiger partial charge in [-0.25, -0.2) is 4.98 Å². The number of aromatic nitrogens is 1. The normalized spacial score (nSPS) is 10.2. The fourth-order valence-electron chi connectivity index (χ4n) is 1.00. The van der Waals surface area contributed by atoms with Gasteiger partial charge in [-0.15, -0.1) is 0 Å². The number of nitrogens with one attached hydrogen (secondary N) is 1. The van der Waals surface area contributed by atoms with Crippen LogP contribution in [0.2, 0.25) is 0 Å². The Kier molecular flexibility index (Phi) is 4.16. The number of rotatable bonds is 4. The summed E-state index contributed by atoms with van der Waals surface area (Å²) in [7, 11) is 0. The highest BCUT2D eigenvalue weighted by Gasteiger charge is 2.06. The highest BCUT2D eigenvalue weighted by Crippen LogP contribution is 2.27. The second-order valence-electron chi connectivity index (χ2n) is 3.01. The number of halogens is 1. The third-order valence-electron chi connectivity index (χ3n) is 1.93. The topological polar surface area (TPSA) is 71.2 Å². The van der Waals surface area contributed by atoms with E-state index in [2.05, 4.69) is 26.2 Å². The van der Waals surface area contributed by atoms with Crippen LogP contribution in [0.1, 0.15) is 12.0 Å². The summed E-state index contributed by atoms with van der Waals surface area (Å²) in [4.78, 5) is 4.15. The highest BCUT2D eigenvalue weighted by atomic mass is 79.9. The van der Waals surface area contributed by atoms with Gasteiger partial charge in [0.2, 0.25) is 0 Å². The molecule has 0 aromatic carbocycles. The Morgan fingerprint density at radius 1 is 1.64 bits per heavy atom. The largest absolute Gasteiger partial charge is 0.397 e. The number of hydrogen-bond acceptors (Lipinski definition) is 4. The zero-order valence-electron chi connectivity index (χ0n) is 8.05. The van der Waals surface area contributed by atoms with Gasteiger partial charge in [0.15, 0.2) is 0 Å². The van der Waals surface area contributed by atoms with Crippen molar-refractivity contribution < 1.29 is 5.11 Å². The molecule has 0 amide bonds. The van der Waals surface area contributed by atoms with Gasteiger partial charge in [-0.3, -0.25) is 0 Å². The molecule has 1 rings (SSSR count). The molecule has 0 fully saturated rings. The van der Waals surface area contributed by atoms with E-state index in [0.717, 1.165) is 15.9 Å². The van der Waals surface area contributed by atoms with Crippen LogP contribution in [-0.4, -0.2) is 23.2 Å². The fourth-order valence-corrected chi connectivity index (χ4v) is 1.47. The Bertz CT molecular complexity index is 317. The van der Waals surface area contributed by atoms with Crippen molar-refractivity contribution in [2.24, 2.45) is 0 Å². The third-order valence-corrected chi connectivity index (χ3v) is 2.90. The molecule has 78 valence electrons. The van der Waals surface area contributed by atoms with Gasteiger partial charge in [-0.2, -0.15) is 0 Å². The summed E-state index contributed by atoms with van der Waals surface area (Å²) in [5.41, 5.74) is 7.33. The van der Waals surface area contributed by atoms with Gasteiger partial charge in [-0.05, 0) is 34.8 Å². The van der Waals surface area contributed by atoms with Crippen molar-refractivity contribution in [3.63, 3.8) is 0 Å². The Morgan fingerprint density at radius 2 is 2.36 bits per heavy atom. The first-order valence-corrected chi connectivity index (χ1v) is 5.21. The van der Waals surface area contributed by atoms with Crippen LogP contribution in [0.15, 0.2) is 10.7 Å². The minimum Gasteiger partial charge on any atom is -0.397 e. The fraction of sp³-hybridized carbons (Fsp3) is 0.444. The molecule has 1 heterocycles. The van der Waals surface area contributed by atoms with Crippen LogP contribution in [0.3, 0.4) is 0 Å². The van der Waals surface area contributed by atoms with Crippen molar-refractivity contribution in [2.45, 2.75) is 13.3 Å². The average molecular weight is 260 g/mol. The summed E-state index contributed by atoms with van der Waals surface area (Å²) in [5, 5.41) is 11.7. The molecular weight excluding hydrogens is 246 g/mol. The molecule has 4 nitrogen and oxygen atoms in total. The first kappa shape index (κ1) is 11.3. The first-order valence-electron chi connectivity index (χ1n) is 4.42.